The van der Waals surface area contributed by atoms with Crippen LogP contribution < -0.4 is 4.90 Å². The molecular weight excluding hydrogens is 450 g/mol. The van der Waals surface area contributed by atoms with Crippen molar-refractivity contribution >= 4 is 15.8 Å². The van der Waals surface area contributed by atoms with Gasteiger partial charge in [-0.3, -0.25) is 0 Å². The molecule has 1 aliphatic carbocycles. The Balaban J connectivity index is 2.45. The number of allylic oxidation sites excluding steroid dienone is 1. The molecule has 0 aliphatic heterocycles. The van der Waals surface area contributed by atoms with Gasteiger partial charge in [0, 0.05) is 24.7 Å². The first-order valence-corrected chi connectivity index (χ1v) is 10.5. The highest BCUT2D eigenvalue weighted by Crippen LogP contribution is 2.43. The Morgan fingerprint density at radius 2 is 1.84 bits per heavy atom. The zero-order chi connectivity index (χ0) is 23.8. The summed E-state index contributed by atoms with van der Waals surface area (Å²) >= 11 is 0. The Morgan fingerprint density at radius 1 is 1.23 bits per heavy atom. The van der Waals surface area contributed by atoms with Gasteiger partial charge in [0.25, 0.3) is 0 Å². The van der Waals surface area contributed by atoms with Crippen LogP contribution >= 0.6 is 0 Å². The molecule has 0 aromatic heterocycles. The predicted octanol–water partition coefficient (Wildman–Crippen LogP) is 5.34. The number of hydrogen-bond donors (Lipinski definition) is 0. The van der Waals surface area contributed by atoms with E-state index in [1.54, 1.807) is 20.8 Å². The third kappa shape index (κ3) is 5.26. The van der Waals surface area contributed by atoms with E-state index in [2.05, 4.69) is 4.18 Å². The lowest BCUT2D eigenvalue weighted by atomic mass is 9.74. The van der Waals surface area contributed by atoms with Gasteiger partial charge in [0.2, 0.25) is 0 Å². The fourth-order valence-electron chi connectivity index (χ4n) is 3.48. The molecule has 2 rings (SSSR count). The summed E-state index contributed by atoms with van der Waals surface area (Å²) in [5, 5.41) is 8.97. The minimum atomic E-state index is -5.86. The van der Waals surface area contributed by atoms with Crippen LogP contribution in [0.5, 0.6) is 0 Å². The van der Waals surface area contributed by atoms with E-state index in [0.29, 0.717) is 0 Å². The van der Waals surface area contributed by atoms with Gasteiger partial charge in [0.15, 0.2) is 0 Å². The molecule has 1 unspecified atom stereocenters. The van der Waals surface area contributed by atoms with Gasteiger partial charge in [-0.15, -0.1) is 0 Å². The van der Waals surface area contributed by atoms with Crippen LogP contribution in [0.15, 0.2) is 30.0 Å². The lowest BCUT2D eigenvalue weighted by Gasteiger charge is -2.45. The maximum absolute atomic E-state index is 13.4. The Labute approximate surface area is 176 Å². The van der Waals surface area contributed by atoms with Crippen LogP contribution in [-0.2, 0) is 20.5 Å². The van der Waals surface area contributed by atoms with Gasteiger partial charge in [0.1, 0.15) is 5.76 Å². The van der Waals surface area contributed by atoms with E-state index in [9.17, 15) is 34.8 Å². The number of anilines is 1. The highest BCUT2D eigenvalue weighted by atomic mass is 32.2. The monoisotopic (exact) mass is 470 g/mol. The first kappa shape index (κ1) is 24.8. The van der Waals surface area contributed by atoms with Gasteiger partial charge < -0.3 is 9.08 Å². The molecule has 1 aromatic carbocycles. The highest BCUT2D eigenvalue weighted by molar-refractivity contribution is 7.87. The van der Waals surface area contributed by atoms with E-state index in [-0.39, 0.29) is 25.1 Å². The molecule has 0 fully saturated rings. The van der Waals surface area contributed by atoms with Crippen molar-refractivity contribution in [2.24, 2.45) is 5.41 Å². The summed E-state index contributed by atoms with van der Waals surface area (Å²) in [6, 6.07) is 3.97. The molecule has 1 aromatic rings. The molecule has 5 nitrogen and oxygen atoms in total. The molecule has 31 heavy (non-hydrogen) atoms. The molecule has 0 spiro atoms. The van der Waals surface area contributed by atoms with Crippen LogP contribution in [0, 0.1) is 16.7 Å². The van der Waals surface area contributed by atoms with Gasteiger partial charge in [0.05, 0.1) is 17.2 Å². The summed E-state index contributed by atoms with van der Waals surface area (Å²) in [7, 11) is -5.86. The third-order valence-electron chi connectivity index (χ3n) is 5.13. The van der Waals surface area contributed by atoms with E-state index < -0.39 is 50.1 Å². The van der Waals surface area contributed by atoms with Gasteiger partial charge in [-0.05, 0) is 43.0 Å². The zero-order valence-electron chi connectivity index (χ0n) is 16.8. The lowest BCUT2D eigenvalue weighted by Crippen LogP contribution is -2.47. The van der Waals surface area contributed by atoms with E-state index in [4.69, 9.17) is 5.26 Å². The van der Waals surface area contributed by atoms with Crippen molar-refractivity contribution in [3.63, 3.8) is 0 Å². The van der Waals surface area contributed by atoms with E-state index in [1.165, 1.54) is 23.1 Å². The van der Waals surface area contributed by atoms with Gasteiger partial charge in [-0.2, -0.15) is 40.0 Å². The van der Waals surface area contributed by atoms with Crippen LogP contribution in [0.3, 0.4) is 0 Å². The molecule has 0 amide bonds. The van der Waals surface area contributed by atoms with Crippen molar-refractivity contribution in [3.05, 3.63) is 41.2 Å². The molecule has 1 aliphatic rings. The topological polar surface area (TPSA) is 70.4 Å². The maximum atomic E-state index is 13.4. The SMILES string of the molecule is CCN(c1ccc(C#N)c(C(F)(F)F)c1)C1CC(OS(=O)(=O)C(F)(F)F)=CCC1(C)C. The van der Waals surface area contributed by atoms with E-state index in [0.717, 1.165) is 12.1 Å². The standard InChI is InChI=1S/C19H20F6N2O3S/c1-4-27(13-6-5-12(11-26)15(9-13)18(20,21)22)16-10-14(7-8-17(16,2)3)30-31(28,29)19(23,24)25/h5-7,9,16H,4,8,10H2,1-3H3. The summed E-state index contributed by atoms with van der Waals surface area (Å²) in [4.78, 5) is 1.53. The Morgan fingerprint density at radius 3 is 2.32 bits per heavy atom. The van der Waals surface area contributed by atoms with Gasteiger partial charge >= 0.3 is 21.8 Å². The second kappa shape index (κ2) is 8.26. The molecule has 1 atom stereocenters. The molecule has 0 N–H and O–H groups in total. The van der Waals surface area contributed by atoms with Crippen LogP contribution in [0.2, 0.25) is 0 Å². The summed E-state index contributed by atoms with van der Waals surface area (Å²) < 4.78 is 105. The van der Waals surface area contributed by atoms with Crippen molar-refractivity contribution in [1.29, 1.82) is 5.26 Å². The molecule has 0 bridgehead atoms. The molecule has 0 radical (unpaired) electrons. The summed E-state index contributed by atoms with van der Waals surface area (Å²) in [5.74, 6) is -0.426. The summed E-state index contributed by atoms with van der Waals surface area (Å²) in [5.41, 5.74) is -7.82. The molecular formula is C19H20F6N2O3S. The molecule has 172 valence electrons. The predicted molar refractivity (Wildman–Crippen MR) is 100 cm³/mol. The Hall–Kier alpha value is -2.42. The average molecular weight is 470 g/mol. The first-order chi connectivity index (χ1) is 14.0. The number of benzene rings is 1. The van der Waals surface area contributed by atoms with Crippen LogP contribution in [0.4, 0.5) is 32.0 Å². The van der Waals surface area contributed by atoms with Crippen molar-refractivity contribution in [3.8, 4) is 6.07 Å². The Kier molecular flexibility index (Phi) is 6.62. The average Bonchev–Trinajstić information content (AvgIpc) is 2.63. The third-order valence-corrected chi connectivity index (χ3v) is 6.13. The van der Waals surface area contributed by atoms with Crippen molar-refractivity contribution in [2.45, 2.75) is 51.3 Å². The smallest absolute Gasteiger partial charge is 0.381 e. The highest BCUT2D eigenvalue weighted by Gasteiger charge is 2.50. The van der Waals surface area contributed by atoms with Crippen LogP contribution in [-0.4, -0.2) is 26.5 Å². The van der Waals surface area contributed by atoms with E-state index in [1.807, 2.05) is 0 Å². The lowest BCUT2D eigenvalue weighted by molar-refractivity contribution is -0.137. The number of halogens is 6. The zero-order valence-corrected chi connectivity index (χ0v) is 17.6. The Bertz CT molecular complexity index is 1010. The van der Waals surface area contributed by atoms with Crippen LogP contribution in [0.25, 0.3) is 0 Å². The molecule has 0 saturated heterocycles. The van der Waals surface area contributed by atoms with Gasteiger partial charge in [-0.1, -0.05) is 13.8 Å². The van der Waals surface area contributed by atoms with Crippen LogP contribution in [0.1, 0.15) is 44.7 Å². The van der Waals surface area contributed by atoms with Crippen molar-refractivity contribution in [1.82, 2.24) is 0 Å². The largest absolute Gasteiger partial charge is 0.534 e. The minimum Gasteiger partial charge on any atom is -0.381 e. The quantitative estimate of drug-likeness (QED) is 0.330. The first-order valence-electron chi connectivity index (χ1n) is 9.11. The summed E-state index contributed by atoms with van der Waals surface area (Å²) in [6.07, 6.45) is -3.66. The van der Waals surface area contributed by atoms with Gasteiger partial charge in [-0.25, -0.2) is 0 Å². The molecule has 0 heterocycles. The maximum Gasteiger partial charge on any atom is 0.534 e. The molecule has 0 saturated carbocycles. The minimum absolute atomic E-state index is 0.104. The second-order valence-electron chi connectivity index (χ2n) is 7.69. The summed E-state index contributed by atoms with van der Waals surface area (Å²) in [6.45, 7) is 5.35. The van der Waals surface area contributed by atoms with Crippen molar-refractivity contribution < 1.29 is 38.9 Å². The normalized spacial score (nSPS) is 19.4. The number of hydrogen-bond acceptors (Lipinski definition) is 5. The fraction of sp³-hybridized carbons (Fsp3) is 0.526. The number of alkyl halides is 6. The second-order valence-corrected chi connectivity index (χ2v) is 9.23. The molecule has 12 heteroatoms. The number of nitriles is 1. The number of rotatable bonds is 5. The fourth-order valence-corrected chi connectivity index (χ4v) is 3.99. The van der Waals surface area contributed by atoms with E-state index >= 15 is 0 Å². The number of nitrogens with zero attached hydrogens (tertiary/aromatic N) is 2. The van der Waals surface area contributed by atoms with Crippen molar-refractivity contribution in [2.75, 3.05) is 11.4 Å².